The van der Waals surface area contributed by atoms with E-state index in [1.54, 1.807) is 0 Å². The smallest absolute Gasteiger partial charge is 0.374 e. The molecule has 0 aliphatic heterocycles. The summed E-state index contributed by atoms with van der Waals surface area (Å²) in [5.41, 5.74) is 10.4. The summed E-state index contributed by atoms with van der Waals surface area (Å²) in [4.78, 5) is 4.01. The van der Waals surface area contributed by atoms with E-state index < -0.39 is 8.80 Å². The zero-order valence-electron chi connectivity index (χ0n) is 14.4. The topological polar surface area (TPSA) is 92.1 Å². The Labute approximate surface area is 130 Å². The van der Waals surface area contributed by atoms with Gasteiger partial charge in [0.25, 0.3) is 0 Å². The van der Waals surface area contributed by atoms with Gasteiger partial charge >= 0.3 is 8.80 Å². The summed E-state index contributed by atoms with van der Waals surface area (Å²) in [6.07, 6.45) is 0.776. The number of hydrogen-bond donors (Lipinski definition) is 2. The third-order valence-corrected chi connectivity index (χ3v) is 6.73. The highest BCUT2D eigenvalue weighted by Gasteiger charge is 2.45. The predicted molar refractivity (Wildman–Crippen MR) is 89.1 cm³/mol. The second kappa shape index (κ2) is 9.40. The maximum absolute atomic E-state index is 6.36. The molecule has 0 aliphatic rings. The molecule has 0 aromatic heterocycles. The summed E-state index contributed by atoms with van der Waals surface area (Å²) in [7, 11) is -2.72. The molecule has 7 heteroatoms. The van der Waals surface area contributed by atoms with Gasteiger partial charge in [0, 0.05) is 25.8 Å². The Morgan fingerprint density at radius 1 is 1.14 bits per heavy atom. The second-order valence-corrected chi connectivity index (χ2v) is 8.47. The first-order valence-corrected chi connectivity index (χ1v) is 9.65. The first-order valence-electron chi connectivity index (χ1n) is 7.72. The maximum atomic E-state index is 6.36. The Morgan fingerprint density at radius 3 is 2.05 bits per heavy atom. The van der Waals surface area contributed by atoms with Crippen molar-refractivity contribution in [2.75, 3.05) is 19.8 Å². The minimum Gasteiger partial charge on any atom is -0.374 e. The molecule has 0 aromatic rings. The molecule has 21 heavy (non-hydrogen) atoms. The fourth-order valence-corrected chi connectivity index (χ4v) is 4.86. The number of nitrogens with zero attached hydrogens (tertiary/aromatic N) is 1. The summed E-state index contributed by atoms with van der Waals surface area (Å²) in [5.74, 6) is 0.474. The number of rotatable bonds is 11. The highest BCUT2D eigenvalue weighted by Crippen LogP contribution is 2.29. The fraction of sp³-hybridized carbons (Fsp3) is 0.929. The summed E-state index contributed by atoms with van der Waals surface area (Å²) >= 11 is 0. The molecule has 0 atom stereocenters. The van der Waals surface area contributed by atoms with Crippen molar-refractivity contribution in [2.45, 2.75) is 59.6 Å². The zero-order chi connectivity index (χ0) is 16.5. The molecular formula is C14H33N3O3Si. The molecule has 6 nitrogen and oxygen atoms in total. The van der Waals surface area contributed by atoms with Crippen LogP contribution in [0.4, 0.5) is 0 Å². The van der Waals surface area contributed by atoms with Gasteiger partial charge in [-0.3, -0.25) is 4.99 Å². The summed E-state index contributed by atoms with van der Waals surface area (Å²) in [5, 5.41) is 0. The van der Waals surface area contributed by atoms with Gasteiger partial charge in [0.2, 0.25) is 0 Å². The van der Waals surface area contributed by atoms with Gasteiger partial charge in [-0.2, -0.15) is 0 Å². The van der Waals surface area contributed by atoms with Gasteiger partial charge in [0.1, 0.15) is 0 Å². The lowest BCUT2D eigenvalue weighted by atomic mass is 9.95. The van der Waals surface area contributed by atoms with Crippen molar-refractivity contribution in [1.29, 1.82) is 0 Å². The van der Waals surface area contributed by atoms with Gasteiger partial charge in [-0.25, -0.2) is 0 Å². The minimum atomic E-state index is -2.72. The molecule has 0 bridgehead atoms. The van der Waals surface area contributed by atoms with Crippen LogP contribution >= 0.6 is 0 Å². The van der Waals surface area contributed by atoms with E-state index in [1.807, 2.05) is 13.8 Å². The molecule has 0 radical (unpaired) electrons. The molecule has 0 rings (SSSR count). The van der Waals surface area contributed by atoms with Crippen LogP contribution in [-0.2, 0) is 13.3 Å². The number of aliphatic imine (C=N–C) groups is 1. The fourth-order valence-electron chi connectivity index (χ4n) is 1.76. The van der Waals surface area contributed by atoms with Crippen LogP contribution in [0.1, 0.15) is 48.0 Å². The van der Waals surface area contributed by atoms with Gasteiger partial charge in [0.15, 0.2) is 5.96 Å². The third kappa shape index (κ3) is 7.80. The van der Waals surface area contributed by atoms with E-state index in [1.165, 1.54) is 0 Å². The van der Waals surface area contributed by atoms with E-state index >= 15 is 0 Å². The van der Waals surface area contributed by atoms with Crippen molar-refractivity contribution in [1.82, 2.24) is 0 Å². The number of hydrogen-bond acceptors (Lipinski definition) is 4. The van der Waals surface area contributed by atoms with Gasteiger partial charge < -0.3 is 24.7 Å². The van der Waals surface area contributed by atoms with Crippen LogP contribution in [-0.4, -0.2) is 40.1 Å². The normalized spacial score (nSPS) is 12.7. The molecule has 0 spiro atoms. The molecule has 0 heterocycles. The van der Waals surface area contributed by atoms with Gasteiger partial charge in [-0.15, -0.1) is 0 Å². The molecule has 126 valence electrons. The molecule has 0 fully saturated rings. The van der Waals surface area contributed by atoms with E-state index in [0.717, 1.165) is 6.42 Å². The third-order valence-electron chi connectivity index (χ3n) is 3.47. The second-order valence-electron chi connectivity index (χ2n) is 5.82. The molecule has 0 aliphatic carbocycles. The highest BCUT2D eigenvalue weighted by atomic mass is 28.4. The largest absolute Gasteiger partial charge is 0.501 e. The standard InChI is InChI=1S/C14H33N3O3Si/c1-7-18-21(19-8-2,11-9-10-17-13(15)16)20-14(5,6)12(3)4/h12H,7-11H2,1-6H3,(H4,15,16,17). The van der Waals surface area contributed by atoms with E-state index in [4.69, 9.17) is 24.7 Å². The van der Waals surface area contributed by atoms with Gasteiger partial charge in [-0.05, 0) is 40.0 Å². The zero-order valence-corrected chi connectivity index (χ0v) is 15.4. The first kappa shape index (κ1) is 20.4. The minimum absolute atomic E-state index is 0.110. The first-order chi connectivity index (χ1) is 9.69. The molecule has 0 saturated carbocycles. The monoisotopic (exact) mass is 319 g/mol. The molecular weight excluding hydrogens is 286 g/mol. The predicted octanol–water partition coefficient (Wildman–Crippen LogP) is 2.11. The molecule has 0 aromatic carbocycles. The summed E-state index contributed by atoms with van der Waals surface area (Å²) in [6.45, 7) is 14.0. The van der Waals surface area contributed by atoms with Crippen LogP contribution in [0.3, 0.4) is 0 Å². The highest BCUT2D eigenvalue weighted by molar-refractivity contribution is 6.60. The van der Waals surface area contributed by atoms with Crippen molar-refractivity contribution < 1.29 is 13.3 Å². The lowest BCUT2D eigenvalue weighted by molar-refractivity contribution is -0.0345. The van der Waals surface area contributed by atoms with Crippen LogP contribution in [0.2, 0.25) is 6.04 Å². The molecule has 0 unspecified atom stereocenters. The molecule has 0 amide bonds. The van der Waals surface area contributed by atoms with E-state index in [2.05, 4.69) is 32.7 Å². The van der Waals surface area contributed by atoms with Crippen molar-refractivity contribution in [3.05, 3.63) is 0 Å². The lowest BCUT2D eigenvalue weighted by Gasteiger charge is -2.39. The van der Waals surface area contributed by atoms with E-state index in [0.29, 0.717) is 31.7 Å². The van der Waals surface area contributed by atoms with Crippen LogP contribution in [0.25, 0.3) is 0 Å². The average molecular weight is 320 g/mol. The quantitative estimate of drug-likeness (QED) is 0.263. The summed E-state index contributed by atoms with van der Waals surface area (Å²) in [6, 6.07) is 0.710. The van der Waals surface area contributed by atoms with Gasteiger partial charge in [0.05, 0.1) is 5.60 Å². The SMILES string of the molecule is CCO[Si](CCCN=C(N)N)(OCC)OC(C)(C)C(C)C. The number of guanidine groups is 1. The van der Waals surface area contributed by atoms with E-state index in [9.17, 15) is 0 Å². The summed E-state index contributed by atoms with van der Waals surface area (Å²) < 4.78 is 18.3. The molecule has 4 N–H and O–H groups in total. The Morgan fingerprint density at radius 2 is 1.67 bits per heavy atom. The Kier molecular flexibility index (Phi) is 9.11. The number of nitrogens with two attached hydrogens (primary N) is 2. The maximum Gasteiger partial charge on any atom is 0.501 e. The van der Waals surface area contributed by atoms with Crippen LogP contribution in [0.15, 0.2) is 4.99 Å². The van der Waals surface area contributed by atoms with Crippen molar-refractivity contribution in [3.8, 4) is 0 Å². The van der Waals surface area contributed by atoms with Crippen LogP contribution in [0.5, 0.6) is 0 Å². The molecule has 0 saturated heterocycles. The van der Waals surface area contributed by atoms with Crippen LogP contribution < -0.4 is 11.5 Å². The van der Waals surface area contributed by atoms with Crippen molar-refractivity contribution in [2.24, 2.45) is 22.4 Å². The Hall–Kier alpha value is -0.633. The van der Waals surface area contributed by atoms with Crippen LogP contribution in [0, 0.1) is 5.92 Å². The average Bonchev–Trinajstić information content (AvgIpc) is 2.34. The Balaban J connectivity index is 4.93. The van der Waals surface area contributed by atoms with E-state index in [-0.39, 0.29) is 11.6 Å². The van der Waals surface area contributed by atoms with Crippen molar-refractivity contribution >= 4 is 14.8 Å². The van der Waals surface area contributed by atoms with Gasteiger partial charge in [-0.1, -0.05) is 13.8 Å². The Bertz CT molecular complexity index is 313. The lowest BCUT2D eigenvalue weighted by Crippen LogP contribution is -2.53. The van der Waals surface area contributed by atoms with Crippen molar-refractivity contribution in [3.63, 3.8) is 0 Å².